The Morgan fingerprint density at radius 3 is 1.85 bits per heavy atom. The number of hydrogen-bond acceptors (Lipinski definition) is 1. The second-order valence-electron chi connectivity index (χ2n) is 4.30. The molecule has 0 aliphatic rings. The predicted octanol–water partition coefficient (Wildman–Crippen LogP) is 4.88. The van der Waals surface area contributed by atoms with Crippen LogP contribution in [0.15, 0.2) is 12.1 Å². The fourth-order valence-electron chi connectivity index (χ4n) is 1.68. The van der Waals surface area contributed by atoms with E-state index in [0.29, 0.717) is 0 Å². The maximum absolute atomic E-state index is 12.5. The van der Waals surface area contributed by atoms with Crippen molar-refractivity contribution in [2.45, 2.75) is 26.2 Å². The number of hydrogen-bond donors (Lipinski definition) is 0. The first-order valence-corrected chi connectivity index (χ1v) is 5.68. The summed E-state index contributed by atoms with van der Waals surface area (Å²) in [6.07, 6.45) is -11.4. The third-order valence-corrected chi connectivity index (χ3v) is 3.10. The number of rotatable bonds is 2. The lowest BCUT2D eigenvalue weighted by atomic mass is 9.92. The summed E-state index contributed by atoms with van der Waals surface area (Å²) in [7, 11) is 0. The van der Waals surface area contributed by atoms with E-state index in [1.165, 1.54) is 13.8 Å². The minimum Gasteiger partial charge on any atom is -0.293 e. The van der Waals surface area contributed by atoms with Crippen molar-refractivity contribution in [2.75, 3.05) is 0 Å². The quantitative estimate of drug-likeness (QED) is 0.561. The van der Waals surface area contributed by atoms with Crippen LogP contribution >= 0.6 is 11.6 Å². The van der Waals surface area contributed by atoms with E-state index in [0.717, 1.165) is 12.1 Å². The molecular formula is C12H9ClF6O. The third kappa shape index (κ3) is 3.45. The molecule has 8 heteroatoms. The molecule has 1 nitrogen and oxygen atoms in total. The topological polar surface area (TPSA) is 17.1 Å². The highest BCUT2D eigenvalue weighted by molar-refractivity contribution is 6.31. The second-order valence-corrected chi connectivity index (χ2v) is 4.70. The van der Waals surface area contributed by atoms with Gasteiger partial charge in [-0.1, -0.05) is 11.6 Å². The van der Waals surface area contributed by atoms with Crippen LogP contribution in [-0.2, 0) is 0 Å². The van der Waals surface area contributed by atoms with Gasteiger partial charge in [-0.2, -0.15) is 26.3 Å². The molecule has 0 radical (unpaired) electrons. The lowest BCUT2D eigenvalue weighted by molar-refractivity contribution is -0.264. The van der Waals surface area contributed by atoms with Gasteiger partial charge >= 0.3 is 12.4 Å². The predicted molar refractivity (Wildman–Crippen MR) is 60.9 cm³/mol. The summed E-state index contributed by atoms with van der Waals surface area (Å²) >= 11 is 5.69. The lowest BCUT2D eigenvalue weighted by Gasteiger charge is -2.22. The van der Waals surface area contributed by atoms with Crippen molar-refractivity contribution in [2.24, 2.45) is 5.92 Å². The molecule has 1 rings (SSSR count). The molecule has 0 saturated carbocycles. The molecule has 1 aromatic carbocycles. The zero-order valence-corrected chi connectivity index (χ0v) is 11.0. The van der Waals surface area contributed by atoms with Crippen LogP contribution in [0.2, 0.25) is 5.02 Å². The van der Waals surface area contributed by atoms with E-state index >= 15 is 0 Å². The van der Waals surface area contributed by atoms with Crippen molar-refractivity contribution >= 4 is 17.4 Å². The summed E-state index contributed by atoms with van der Waals surface area (Å²) in [4.78, 5) is 11.6. The van der Waals surface area contributed by atoms with Crippen molar-refractivity contribution in [3.8, 4) is 0 Å². The van der Waals surface area contributed by atoms with E-state index in [4.69, 9.17) is 11.6 Å². The highest BCUT2D eigenvalue weighted by Gasteiger charge is 2.61. The normalized spacial score (nSPS) is 12.9. The Morgan fingerprint density at radius 1 is 1.00 bits per heavy atom. The van der Waals surface area contributed by atoms with Gasteiger partial charge in [0.2, 0.25) is 5.92 Å². The van der Waals surface area contributed by atoms with Crippen molar-refractivity contribution < 1.29 is 31.1 Å². The molecule has 0 atom stereocenters. The van der Waals surface area contributed by atoms with Crippen LogP contribution in [0.25, 0.3) is 0 Å². The number of carbonyl (C=O) groups is 1. The van der Waals surface area contributed by atoms with E-state index in [-0.39, 0.29) is 16.1 Å². The lowest BCUT2D eigenvalue weighted by Crippen LogP contribution is -2.42. The van der Waals surface area contributed by atoms with E-state index in [1.807, 2.05) is 0 Å². The standard InChI is InChI=1S/C12H9ClF6O/c1-5-4-8(13)6(2)3-7(5)9(20)10(11(14,15)16)12(17,18)19/h3-4,10H,1-2H3. The molecular weight excluding hydrogens is 310 g/mol. The molecule has 0 spiro atoms. The Hall–Kier alpha value is -1.24. The molecule has 0 fully saturated rings. The van der Waals surface area contributed by atoms with Gasteiger partial charge < -0.3 is 0 Å². The highest BCUT2D eigenvalue weighted by Crippen LogP contribution is 2.41. The Balaban J connectivity index is 3.38. The van der Waals surface area contributed by atoms with Crippen molar-refractivity contribution in [1.82, 2.24) is 0 Å². The minimum absolute atomic E-state index is 0.0379. The van der Waals surface area contributed by atoms with Crippen molar-refractivity contribution in [1.29, 1.82) is 0 Å². The first-order chi connectivity index (χ1) is 8.85. The smallest absolute Gasteiger partial charge is 0.293 e. The number of ketones is 1. The number of benzene rings is 1. The fraction of sp³-hybridized carbons (Fsp3) is 0.417. The van der Waals surface area contributed by atoms with Gasteiger partial charge in [-0.15, -0.1) is 0 Å². The summed E-state index contributed by atoms with van der Waals surface area (Å²) in [6, 6.07) is 2.10. The van der Waals surface area contributed by atoms with Crippen molar-refractivity contribution in [3.63, 3.8) is 0 Å². The van der Waals surface area contributed by atoms with Gasteiger partial charge in [0.1, 0.15) is 0 Å². The Kier molecular flexibility index (Phi) is 4.43. The molecule has 0 aliphatic heterocycles. The van der Waals surface area contributed by atoms with Crippen LogP contribution in [0.1, 0.15) is 21.5 Å². The molecule has 0 amide bonds. The summed E-state index contributed by atoms with van der Waals surface area (Å²) in [5.74, 6) is -6.06. The van der Waals surface area contributed by atoms with E-state index < -0.39 is 29.6 Å². The zero-order chi connectivity index (χ0) is 15.9. The summed E-state index contributed by atoms with van der Waals surface area (Å²) in [6.45, 7) is 2.61. The molecule has 0 aliphatic carbocycles. The zero-order valence-electron chi connectivity index (χ0n) is 10.3. The Morgan fingerprint density at radius 2 is 1.45 bits per heavy atom. The monoisotopic (exact) mass is 318 g/mol. The van der Waals surface area contributed by atoms with Gasteiger partial charge in [-0.3, -0.25) is 4.79 Å². The average Bonchev–Trinajstić information content (AvgIpc) is 2.18. The van der Waals surface area contributed by atoms with Crippen LogP contribution in [0.5, 0.6) is 0 Å². The first kappa shape index (κ1) is 16.8. The summed E-state index contributed by atoms with van der Waals surface area (Å²) in [5.41, 5.74) is -0.445. The minimum atomic E-state index is -5.70. The van der Waals surface area contributed by atoms with Gasteiger partial charge in [-0.25, -0.2) is 0 Å². The maximum Gasteiger partial charge on any atom is 0.407 e. The maximum atomic E-state index is 12.5. The van der Waals surface area contributed by atoms with Crippen LogP contribution in [0.3, 0.4) is 0 Å². The van der Waals surface area contributed by atoms with Gasteiger partial charge in [0.05, 0.1) is 0 Å². The third-order valence-electron chi connectivity index (χ3n) is 2.69. The number of halogens is 7. The molecule has 0 unspecified atom stereocenters. The highest BCUT2D eigenvalue weighted by atomic mass is 35.5. The Bertz CT molecular complexity index is 518. The molecule has 0 aromatic heterocycles. The molecule has 20 heavy (non-hydrogen) atoms. The van der Waals surface area contributed by atoms with Gasteiger partial charge in [0.25, 0.3) is 0 Å². The van der Waals surface area contributed by atoms with Crippen LogP contribution < -0.4 is 0 Å². The van der Waals surface area contributed by atoms with Gasteiger partial charge in [0, 0.05) is 10.6 Å². The van der Waals surface area contributed by atoms with E-state index in [1.54, 1.807) is 0 Å². The van der Waals surface area contributed by atoms with E-state index in [2.05, 4.69) is 0 Å². The average molecular weight is 319 g/mol. The Labute approximate surface area is 115 Å². The van der Waals surface area contributed by atoms with E-state index in [9.17, 15) is 31.1 Å². The first-order valence-electron chi connectivity index (χ1n) is 5.30. The molecule has 1 aromatic rings. The summed E-state index contributed by atoms with van der Waals surface area (Å²) in [5, 5.41) is 0.162. The van der Waals surface area contributed by atoms with Crippen molar-refractivity contribution in [3.05, 3.63) is 33.8 Å². The molecule has 0 saturated heterocycles. The van der Waals surface area contributed by atoms with Gasteiger partial charge in [0.15, 0.2) is 5.78 Å². The number of alkyl halides is 6. The number of carbonyl (C=O) groups excluding carboxylic acids is 1. The largest absolute Gasteiger partial charge is 0.407 e. The number of aryl methyl sites for hydroxylation is 2. The van der Waals surface area contributed by atoms with Crippen LogP contribution in [0.4, 0.5) is 26.3 Å². The molecule has 0 heterocycles. The number of Topliss-reactive ketones (excluding diaryl/α,β-unsaturated/α-hetero) is 1. The summed E-state index contributed by atoms with van der Waals surface area (Å²) < 4.78 is 75.0. The molecule has 0 N–H and O–H groups in total. The van der Waals surface area contributed by atoms with Crippen LogP contribution in [0, 0.1) is 19.8 Å². The van der Waals surface area contributed by atoms with Crippen LogP contribution in [-0.4, -0.2) is 18.1 Å². The SMILES string of the molecule is Cc1cc(C(=O)C(C(F)(F)F)C(F)(F)F)c(C)cc1Cl. The molecule has 0 bridgehead atoms. The van der Waals surface area contributed by atoms with Gasteiger partial charge in [-0.05, 0) is 37.1 Å². The molecule has 112 valence electrons. The second kappa shape index (κ2) is 5.27. The fourth-order valence-corrected chi connectivity index (χ4v) is 1.90.